The van der Waals surface area contributed by atoms with Crippen molar-refractivity contribution < 1.29 is 8.42 Å². The zero-order valence-corrected chi connectivity index (χ0v) is 8.92. The van der Waals surface area contributed by atoms with Gasteiger partial charge in [0.05, 0.1) is 4.90 Å². The van der Waals surface area contributed by atoms with E-state index in [0.717, 1.165) is 0 Å². The molecule has 0 saturated carbocycles. The molecule has 5 nitrogen and oxygen atoms in total. The van der Waals surface area contributed by atoms with Crippen LogP contribution in [0.1, 0.15) is 6.42 Å². The minimum absolute atomic E-state index is 0.289. The average Bonchev–Trinajstić information content (AvgIpc) is 2.53. The van der Waals surface area contributed by atoms with E-state index < -0.39 is 10.0 Å². The molecule has 0 spiro atoms. The SMILES string of the molecule is Cn1ccc(S(=O)(=O)NCCCN)c1. The maximum absolute atomic E-state index is 11.6. The molecule has 0 aliphatic heterocycles. The molecule has 0 bridgehead atoms. The Morgan fingerprint density at radius 1 is 1.57 bits per heavy atom. The first-order valence-electron chi connectivity index (χ1n) is 4.38. The number of rotatable bonds is 5. The van der Waals surface area contributed by atoms with Gasteiger partial charge < -0.3 is 10.3 Å². The van der Waals surface area contributed by atoms with Crippen molar-refractivity contribution in [1.29, 1.82) is 0 Å². The maximum atomic E-state index is 11.6. The van der Waals surface area contributed by atoms with Crippen LogP contribution < -0.4 is 10.5 Å². The molecular weight excluding hydrogens is 202 g/mol. The molecule has 1 heterocycles. The number of hydrogen-bond acceptors (Lipinski definition) is 3. The molecule has 0 aliphatic carbocycles. The lowest BCUT2D eigenvalue weighted by Crippen LogP contribution is -2.25. The predicted octanol–water partition coefficient (Wildman–Crippen LogP) is -0.348. The van der Waals surface area contributed by atoms with Crippen molar-refractivity contribution in [3.8, 4) is 0 Å². The molecule has 6 heteroatoms. The highest BCUT2D eigenvalue weighted by atomic mass is 32.2. The topological polar surface area (TPSA) is 77.1 Å². The predicted molar refractivity (Wildman–Crippen MR) is 54.3 cm³/mol. The van der Waals surface area contributed by atoms with Gasteiger partial charge in [-0.1, -0.05) is 0 Å². The quantitative estimate of drug-likeness (QED) is 0.662. The minimum Gasteiger partial charge on any atom is -0.356 e. The van der Waals surface area contributed by atoms with E-state index in [4.69, 9.17) is 5.73 Å². The van der Waals surface area contributed by atoms with Crippen molar-refractivity contribution in [2.75, 3.05) is 13.1 Å². The lowest BCUT2D eigenvalue weighted by atomic mass is 10.4. The number of sulfonamides is 1. The third kappa shape index (κ3) is 2.83. The Hall–Kier alpha value is -0.850. The molecule has 0 saturated heterocycles. The molecule has 1 rings (SSSR count). The number of nitrogens with one attached hydrogen (secondary N) is 1. The van der Waals surface area contributed by atoms with E-state index in [9.17, 15) is 8.42 Å². The van der Waals surface area contributed by atoms with Crippen LogP contribution in [0.5, 0.6) is 0 Å². The summed E-state index contributed by atoms with van der Waals surface area (Å²) in [5.74, 6) is 0. The fraction of sp³-hybridized carbons (Fsp3) is 0.500. The monoisotopic (exact) mass is 217 g/mol. The van der Waals surface area contributed by atoms with Crippen molar-refractivity contribution in [3.63, 3.8) is 0 Å². The Labute approximate surface area is 84.0 Å². The molecule has 0 aromatic carbocycles. The largest absolute Gasteiger partial charge is 0.356 e. The molecule has 0 unspecified atom stereocenters. The summed E-state index contributed by atoms with van der Waals surface area (Å²) in [7, 11) is -1.56. The van der Waals surface area contributed by atoms with Crippen LogP contribution in [0.15, 0.2) is 23.4 Å². The van der Waals surface area contributed by atoms with E-state index in [0.29, 0.717) is 19.5 Å². The van der Waals surface area contributed by atoms with Gasteiger partial charge in [0.1, 0.15) is 0 Å². The number of aryl methyl sites for hydroxylation is 1. The molecule has 0 amide bonds. The summed E-state index contributed by atoms with van der Waals surface area (Å²) in [6.07, 6.45) is 3.90. The molecular formula is C8H15N3O2S. The van der Waals surface area contributed by atoms with Crippen molar-refractivity contribution in [1.82, 2.24) is 9.29 Å². The first-order valence-corrected chi connectivity index (χ1v) is 5.86. The van der Waals surface area contributed by atoms with Gasteiger partial charge in [-0.15, -0.1) is 0 Å². The van der Waals surface area contributed by atoms with Crippen molar-refractivity contribution in [3.05, 3.63) is 18.5 Å². The van der Waals surface area contributed by atoms with E-state index in [-0.39, 0.29) is 4.90 Å². The van der Waals surface area contributed by atoms with E-state index in [1.807, 2.05) is 0 Å². The highest BCUT2D eigenvalue weighted by Crippen LogP contribution is 2.07. The molecule has 14 heavy (non-hydrogen) atoms. The highest BCUT2D eigenvalue weighted by Gasteiger charge is 2.13. The molecule has 0 radical (unpaired) electrons. The standard InChI is InChI=1S/C8H15N3O2S/c1-11-6-3-8(7-11)14(12,13)10-5-2-4-9/h3,6-7,10H,2,4-5,9H2,1H3. The van der Waals surface area contributed by atoms with Gasteiger partial charge >= 0.3 is 0 Å². The maximum Gasteiger partial charge on any atom is 0.242 e. The lowest BCUT2D eigenvalue weighted by molar-refractivity contribution is 0.579. The number of nitrogens with zero attached hydrogens (tertiary/aromatic N) is 1. The highest BCUT2D eigenvalue weighted by molar-refractivity contribution is 7.89. The summed E-state index contributed by atoms with van der Waals surface area (Å²) in [5.41, 5.74) is 5.26. The van der Waals surface area contributed by atoms with Gasteiger partial charge in [0.25, 0.3) is 0 Å². The molecule has 1 aromatic heterocycles. The number of nitrogens with two attached hydrogens (primary N) is 1. The van der Waals surface area contributed by atoms with Crippen LogP contribution in [-0.2, 0) is 17.1 Å². The lowest BCUT2D eigenvalue weighted by Gasteiger charge is -2.02. The smallest absolute Gasteiger partial charge is 0.242 e. The van der Waals surface area contributed by atoms with Crippen LogP contribution in [0.4, 0.5) is 0 Å². The summed E-state index contributed by atoms with van der Waals surface area (Å²) in [6.45, 7) is 0.866. The van der Waals surface area contributed by atoms with Gasteiger partial charge in [0, 0.05) is 26.0 Å². The zero-order chi connectivity index (χ0) is 10.6. The molecule has 0 aliphatic rings. The molecule has 80 valence electrons. The van der Waals surface area contributed by atoms with E-state index in [1.165, 1.54) is 0 Å². The molecule has 3 N–H and O–H groups in total. The Morgan fingerprint density at radius 3 is 2.79 bits per heavy atom. The number of aromatic nitrogens is 1. The van der Waals surface area contributed by atoms with E-state index in [2.05, 4.69) is 4.72 Å². The van der Waals surface area contributed by atoms with Crippen LogP contribution >= 0.6 is 0 Å². The van der Waals surface area contributed by atoms with Crippen LogP contribution in [0.25, 0.3) is 0 Å². The third-order valence-electron chi connectivity index (χ3n) is 1.79. The first-order chi connectivity index (χ1) is 6.56. The fourth-order valence-corrected chi connectivity index (χ4v) is 2.15. The summed E-state index contributed by atoms with van der Waals surface area (Å²) in [5, 5.41) is 0. The van der Waals surface area contributed by atoms with Crippen LogP contribution in [-0.4, -0.2) is 26.1 Å². The van der Waals surface area contributed by atoms with Crippen molar-refractivity contribution in [2.45, 2.75) is 11.3 Å². The van der Waals surface area contributed by atoms with Crippen molar-refractivity contribution >= 4 is 10.0 Å². The van der Waals surface area contributed by atoms with Gasteiger partial charge in [-0.3, -0.25) is 0 Å². The molecule has 0 atom stereocenters. The molecule has 0 fully saturated rings. The Bertz CT molecular complexity index is 383. The summed E-state index contributed by atoms with van der Waals surface area (Å²) in [6, 6.07) is 1.56. The zero-order valence-electron chi connectivity index (χ0n) is 8.10. The minimum atomic E-state index is -3.34. The summed E-state index contributed by atoms with van der Waals surface area (Å²) in [4.78, 5) is 0.289. The number of hydrogen-bond donors (Lipinski definition) is 2. The second kappa shape index (κ2) is 4.59. The van der Waals surface area contributed by atoms with Gasteiger partial charge in [-0.05, 0) is 19.0 Å². The third-order valence-corrected chi connectivity index (χ3v) is 3.23. The first kappa shape index (κ1) is 11.2. The Kier molecular flexibility index (Phi) is 3.68. The van der Waals surface area contributed by atoms with Crippen LogP contribution in [0.2, 0.25) is 0 Å². The van der Waals surface area contributed by atoms with E-state index >= 15 is 0 Å². The second-order valence-electron chi connectivity index (χ2n) is 3.05. The average molecular weight is 217 g/mol. The normalized spacial score (nSPS) is 11.9. The van der Waals surface area contributed by atoms with Gasteiger partial charge in [0.2, 0.25) is 10.0 Å². The fourth-order valence-electron chi connectivity index (χ4n) is 1.03. The van der Waals surface area contributed by atoms with Crippen LogP contribution in [0, 0.1) is 0 Å². The summed E-state index contributed by atoms with van der Waals surface area (Å²) >= 11 is 0. The second-order valence-corrected chi connectivity index (χ2v) is 4.82. The van der Waals surface area contributed by atoms with Crippen molar-refractivity contribution in [2.24, 2.45) is 12.8 Å². The van der Waals surface area contributed by atoms with E-state index in [1.54, 1.807) is 30.1 Å². The molecule has 1 aromatic rings. The van der Waals surface area contributed by atoms with Crippen LogP contribution in [0.3, 0.4) is 0 Å². The Balaban J connectivity index is 2.66. The van der Waals surface area contributed by atoms with Gasteiger partial charge in [-0.25, -0.2) is 13.1 Å². The summed E-state index contributed by atoms with van der Waals surface area (Å²) < 4.78 is 27.3. The Morgan fingerprint density at radius 2 is 2.29 bits per heavy atom. The van der Waals surface area contributed by atoms with Gasteiger partial charge in [0.15, 0.2) is 0 Å². The van der Waals surface area contributed by atoms with Gasteiger partial charge in [-0.2, -0.15) is 0 Å².